The number of nitro groups is 1. The molecule has 0 heterocycles. The van der Waals surface area contributed by atoms with Gasteiger partial charge in [0.05, 0.1) is 19.1 Å². The van der Waals surface area contributed by atoms with E-state index in [0.717, 1.165) is 0 Å². The molecule has 0 amide bonds. The van der Waals surface area contributed by atoms with Gasteiger partial charge in [-0.15, -0.1) is 0 Å². The maximum Gasteiger partial charge on any atom is 0.342 e. The minimum atomic E-state index is -4.02. The molecular formula is C20H23BrNO6P. The van der Waals surface area contributed by atoms with Crippen LogP contribution in [-0.4, -0.2) is 36.1 Å². The first-order valence-corrected chi connectivity index (χ1v) is 11.6. The zero-order valence-electron chi connectivity index (χ0n) is 16.2. The first-order valence-electron chi connectivity index (χ1n) is 9.18. The predicted octanol–water partition coefficient (Wildman–Crippen LogP) is 5.33. The van der Waals surface area contributed by atoms with Crippen molar-refractivity contribution in [2.75, 3.05) is 19.8 Å². The number of rotatable bonds is 11. The summed E-state index contributed by atoms with van der Waals surface area (Å²) in [5.41, 5.74) is -0.579. The highest BCUT2D eigenvalue weighted by atomic mass is 79.9. The second kappa shape index (κ2) is 10.8. The molecule has 2 rings (SSSR count). The third-order valence-corrected chi connectivity index (χ3v) is 7.55. The normalized spacial score (nSPS) is 13.6. The Kier molecular flexibility index (Phi) is 8.71. The summed E-state index contributed by atoms with van der Waals surface area (Å²) in [6, 6.07) is 15.1. The largest absolute Gasteiger partial charge is 0.342 e. The van der Waals surface area contributed by atoms with Gasteiger partial charge in [-0.25, -0.2) is 0 Å². The molecule has 0 saturated heterocycles. The number of halogens is 1. The predicted molar refractivity (Wildman–Crippen MR) is 114 cm³/mol. The smallest absolute Gasteiger partial charge is 0.308 e. The maximum atomic E-state index is 13.7. The number of ketones is 1. The van der Waals surface area contributed by atoms with E-state index in [0.29, 0.717) is 10.0 Å². The van der Waals surface area contributed by atoms with Gasteiger partial charge in [0.15, 0.2) is 5.78 Å². The molecule has 0 saturated carbocycles. The number of hydrogen-bond acceptors (Lipinski definition) is 6. The lowest BCUT2D eigenvalue weighted by Gasteiger charge is -2.30. The first-order chi connectivity index (χ1) is 13.8. The van der Waals surface area contributed by atoms with Crippen LogP contribution >= 0.6 is 23.5 Å². The molecule has 0 aliphatic heterocycles. The Hall–Kier alpha value is -1.86. The zero-order chi connectivity index (χ0) is 21.4. The quantitative estimate of drug-likeness (QED) is 0.185. The molecule has 9 heteroatoms. The van der Waals surface area contributed by atoms with Crippen molar-refractivity contribution < 1.29 is 23.3 Å². The Bertz CT molecular complexity index is 882. The molecule has 2 aromatic carbocycles. The van der Waals surface area contributed by atoms with Crippen LogP contribution in [-0.2, 0) is 13.6 Å². The van der Waals surface area contributed by atoms with Crippen LogP contribution in [0.5, 0.6) is 0 Å². The molecule has 2 aromatic rings. The van der Waals surface area contributed by atoms with Crippen LogP contribution in [0, 0.1) is 10.1 Å². The number of benzene rings is 2. The van der Waals surface area contributed by atoms with Gasteiger partial charge in [-0.1, -0.05) is 64.5 Å². The average molecular weight is 484 g/mol. The molecule has 29 heavy (non-hydrogen) atoms. The van der Waals surface area contributed by atoms with Crippen molar-refractivity contribution in [3.8, 4) is 0 Å². The van der Waals surface area contributed by atoms with Gasteiger partial charge in [-0.2, -0.15) is 0 Å². The Balaban J connectivity index is 2.70. The number of carbonyl (C=O) groups is 1. The van der Waals surface area contributed by atoms with Gasteiger partial charge < -0.3 is 9.05 Å². The number of nitrogens with zero attached hydrogens (tertiary/aromatic N) is 1. The van der Waals surface area contributed by atoms with Crippen molar-refractivity contribution in [3.63, 3.8) is 0 Å². The average Bonchev–Trinajstić information content (AvgIpc) is 2.68. The Morgan fingerprint density at radius 1 is 1.07 bits per heavy atom. The highest BCUT2D eigenvalue weighted by Gasteiger charge is 2.49. The maximum absolute atomic E-state index is 13.7. The van der Waals surface area contributed by atoms with E-state index in [1.165, 1.54) is 0 Å². The Morgan fingerprint density at radius 3 is 2.14 bits per heavy atom. The third kappa shape index (κ3) is 5.82. The number of hydrogen-bond donors (Lipinski definition) is 0. The Morgan fingerprint density at radius 2 is 1.62 bits per heavy atom. The molecule has 7 nitrogen and oxygen atoms in total. The first kappa shape index (κ1) is 23.4. The molecule has 0 aliphatic carbocycles. The molecule has 0 aromatic heterocycles. The summed E-state index contributed by atoms with van der Waals surface area (Å²) in [5.74, 6) is -1.53. The van der Waals surface area contributed by atoms with Crippen LogP contribution in [0.25, 0.3) is 0 Å². The molecule has 0 radical (unpaired) electrons. The summed E-state index contributed by atoms with van der Waals surface area (Å²) in [5, 5.41) is 11.5. The molecule has 0 N–H and O–H groups in total. The van der Waals surface area contributed by atoms with E-state index >= 15 is 0 Å². The molecule has 0 spiro atoms. The minimum Gasteiger partial charge on any atom is -0.308 e. The van der Waals surface area contributed by atoms with Crippen molar-refractivity contribution in [2.45, 2.75) is 25.4 Å². The highest BCUT2D eigenvalue weighted by Crippen LogP contribution is 2.58. The molecule has 0 aliphatic rings. The molecule has 0 unspecified atom stereocenters. The van der Waals surface area contributed by atoms with E-state index < -0.39 is 36.4 Å². The zero-order valence-corrected chi connectivity index (χ0v) is 18.7. The summed E-state index contributed by atoms with van der Waals surface area (Å²) < 4.78 is 25.3. The molecule has 2 atom stereocenters. The van der Waals surface area contributed by atoms with E-state index in [1.54, 1.807) is 68.4 Å². The van der Waals surface area contributed by atoms with Gasteiger partial charge in [0.2, 0.25) is 6.54 Å². The van der Waals surface area contributed by atoms with Crippen molar-refractivity contribution >= 4 is 29.3 Å². The summed E-state index contributed by atoms with van der Waals surface area (Å²) in [4.78, 5) is 24.5. The minimum absolute atomic E-state index is 0.0387. The van der Waals surface area contributed by atoms with Crippen molar-refractivity contribution in [2.24, 2.45) is 0 Å². The van der Waals surface area contributed by atoms with Crippen LogP contribution in [0.3, 0.4) is 0 Å². The second-order valence-electron chi connectivity index (χ2n) is 6.19. The van der Waals surface area contributed by atoms with Crippen LogP contribution in [0.4, 0.5) is 0 Å². The Labute approximate surface area is 178 Å². The standard InChI is InChI=1S/C20H23BrNO6P/c1-3-27-29(26,28-4-2)20(19(23)15-10-6-5-7-11-15)17(14-22(24)25)16-12-8-9-13-18(16)21/h5-13,17,20H,3-4,14H2,1-2H3/t17-,20-/m0/s1. The molecule has 0 fully saturated rings. The summed E-state index contributed by atoms with van der Waals surface area (Å²) >= 11 is 3.40. The summed E-state index contributed by atoms with van der Waals surface area (Å²) in [6.45, 7) is 2.75. The number of Topliss-reactive ketones (excluding diaryl/α,β-unsaturated/α-hetero) is 1. The molecular weight excluding hydrogens is 461 g/mol. The monoisotopic (exact) mass is 483 g/mol. The van der Waals surface area contributed by atoms with Crippen LogP contribution in [0.15, 0.2) is 59.1 Å². The summed E-state index contributed by atoms with van der Waals surface area (Å²) in [7, 11) is -4.02. The van der Waals surface area contributed by atoms with E-state index in [9.17, 15) is 19.5 Å². The van der Waals surface area contributed by atoms with Gasteiger partial charge in [0.1, 0.15) is 5.66 Å². The fraction of sp³-hybridized carbons (Fsp3) is 0.350. The van der Waals surface area contributed by atoms with E-state index in [2.05, 4.69) is 15.9 Å². The van der Waals surface area contributed by atoms with E-state index in [1.807, 2.05) is 0 Å². The van der Waals surface area contributed by atoms with Gasteiger partial charge in [-0.3, -0.25) is 19.5 Å². The van der Waals surface area contributed by atoms with Crippen LogP contribution in [0.2, 0.25) is 0 Å². The van der Waals surface area contributed by atoms with Crippen molar-refractivity contribution in [1.29, 1.82) is 0 Å². The van der Waals surface area contributed by atoms with Crippen molar-refractivity contribution in [1.82, 2.24) is 0 Å². The number of carbonyl (C=O) groups excluding carboxylic acids is 1. The fourth-order valence-corrected chi connectivity index (χ4v) is 6.01. The lowest BCUT2D eigenvalue weighted by molar-refractivity contribution is -0.483. The second-order valence-corrected chi connectivity index (χ2v) is 9.20. The molecule has 156 valence electrons. The van der Waals surface area contributed by atoms with Gasteiger partial charge in [0.25, 0.3) is 0 Å². The molecule has 0 bridgehead atoms. The topological polar surface area (TPSA) is 95.7 Å². The van der Waals surface area contributed by atoms with E-state index in [4.69, 9.17) is 9.05 Å². The van der Waals surface area contributed by atoms with E-state index in [-0.39, 0.29) is 18.8 Å². The van der Waals surface area contributed by atoms with Crippen molar-refractivity contribution in [3.05, 3.63) is 80.3 Å². The SMILES string of the molecule is CCOP(=O)(OCC)[C@H](C(=O)c1ccccc1)[C@@H](C[N+](=O)[O-])c1ccccc1Br. The van der Waals surface area contributed by atoms with Crippen LogP contribution in [0.1, 0.15) is 35.7 Å². The van der Waals surface area contributed by atoms with Gasteiger partial charge in [-0.05, 0) is 25.5 Å². The van der Waals surface area contributed by atoms with Gasteiger partial charge in [0, 0.05) is 15.0 Å². The fourth-order valence-electron chi connectivity index (χ4n) is 3.18. The van der Waals surface area contributed by atoms with Crippen LogP contribution < -0.4 is 0 Å². The van der Waals surface area contributed by atoms with Gasteiger partial charge >= 0.3 is 7.60 Å². The lowest BCUT2D eigenvalue weighted by atomic mass is 9.91. The third-order valence-electron chi connectivity index (χ3n) is 4.32. The lowest BCUT2D eigenvalue weighted by Crippen LogP contribution is -2.34. The highest BCUT2D eigenvalue weighted by molar-refractivity contribution is 9.10. The summed E-state index contributed by atoms with van der Waals surface area (Å²) in [6.07, 6.45) is 0.